The Morgan fingerprint density at radius 3 is 2.64 bits per heavy atom. The Balaban J connectivity index is 1.35. The average Bonchev–Trinajstić information content (AvgIpc) is 2.67. The number of halogens is 2. The summed E-state index contributed by atoms with van der Waals surface area (Å²) in [5.74, 6) is -0.0165. The van der Waals surface area contributed by atoms with Crippen LogP contribution in [-0.4, -0.2) is 35.5 Å². The third-order valence-electron chi connectivity index (χ3n) is 5.62. The molecule has 7 heteroatoms. The lowest BCUT2D eigenvalue weighted by Gasteiger charge is -2.44. The fourth-order valence-electron chi connectivity index (χ4n) is 4.00. The van der Waals surface area contributed by atoms with Crippen LogP contribution >= 0.6 is 23.2 Å². The second-order valence-electron chi connectivity index (χ2n) is 7.45. The highest BCUT2D eigenvalue weighted by Crippen LogP contribution is 2.31. The zero-order valence-electron chi connectivity index (χ0n) is 15.3. The van der Waals surface area contributed by atoms with E-state index in [0.717, 1.165) is 36.0 Å². The number of fused-ring (bicyclic) bond motifs is 1. The summed E-state index contributed by atoms with van der Waals surface area (Å²) in [6, 6.07) is 12.8. The quantitative estimate of drug-likeness (QED) is 0.774. The van der Waals surface area contributed by atoms with Crippen LogP contribution < -0.4 is 10.6 Å². The van der Waals surface area contributed by atoms with Gasteiger partial charge in [0.25, 0.3) is 5.91 Å². The van der Waals surface area contributed by atoms with Gasteiger partial charge in [0, 0.05) is 40.8 Å². The van der Waals surface area contributed by atoms with E-state index in [4.69, 9.17) is 23.2 Å². The lowest BCUT2D eigenvalue weighted by Crippen LogP contribution is -2.60. The van der Waals surface area contributed by atoms with Gasteiger partial charge in [-0.3, -0.25) is 4.79 Å². The van der Waals surface area contributed by atoms with Crippen molar-refractivity contribution < 1.29 is 9.59 Å². The summed E-state index contributed by atoms with van der Waals surface area (Å²) in [6.07, 6.45) is 2.29. The van der Waals surface area contributed by atoms with Crippen LogP contribution in [0.3, 0.4) is 0 Å². The predicted octanol–water partition coefficient (Wildman–Crippen LogP) is 4.02. The number of rotatable bonds is 2. The molecule has 2 aromatic carbocycles. The fourth-order valence-corrected chi connectivity index (χ4v) is 4.48. The second-order valence-corrected chi connectivity index (χ2v) is 8.29. The van der Waals surface area contributed by atoms with Gasteiger partial charge in [0.05, 0.1) is 0 Å². The van der Waals surface area contributed by atoms with Gasteiger partial charge in [-0.05, 0) is 48.6 Å². The molecule has 2 aliphatic rings. The molecule has 28 heavy (non-hydrogen) atoms. The maximum Gasteiger partial charge on any atom is 0.317 e. The van der Waals surface area contributed by atoms with Crippen molar-refractivity contribution >= 4 is 35.1 Å². The lowest BCUT2D eigenvalue weighted by atomic mass is 9.78. The highest BCUT2D eigenvalue weighted by molar-refractivity contribution is 6.35. The molecule has 3 amide bonds. The topological polar surface area (TPSA) is 61.4 Å². The molecule has 1 fully saturated rings. The van der Waals surface area contributed by atoms with Gasteiger partial charge in [-0.1, -0.05) is 47.5 Å². The first-order valence-corrected chi connectivity index (χ1v) is 10.1. The Labute approximate surface area is 174 Å². The van der Waals surface area contributed by atoms with Crippen LogP contribution in [0.25, 0.3) is 0 Å². The van der Waals surface area contributed by atoms with E-state index >= 15 is 0 Å². The zero-order valence-corrected chi connectivity index (χ0v) is 16.8. The molecule has 2 heterocycles. The van der Waals surface area contributed by atoms with E-state index in [9.17, 15) is 9.59 Å². The van der Waals surface area contributed by atoms with Gasteiger partial charge in [-0.25, -0.2) is 4.79 Å². The summed E-state index contributed by atoms with van der Waals surface area (Å²) in [4.78, 5) is 26.8. The first kappa shape index (κ1) is 19.1. The molecule has 0 aliphatic carbocycles. The van der Waals surface area contributed by atoms with E-state index in [2.05, 4.69) is 10.6 Å². The number of hydrogen-bond donors (Lipinski definition) is 2. The minimum Gasteiger partial charge on any atom is -0.346 e. The van der Waals surface area contributed by atoms with Crippen molar-refractivity contribution in [2.24, 2.45) is 0 Å². The van der Waals surface area contributed by atoms with E-state index in [1.807, 2.05) is 30.3 Å². The molecule has 0 aromatic heterocycles. The SMILES string of the molecule is O=C1NC2(CCN(C(=O)NCc3ccc(Cl)cc3Cl)CC2)Cc2ccccc21. The number of carbonyl (C=O) groups excluding carboxylic acids is 2. The number of urea groups is 1. The van der Waals surface area contributed by atoms with Gasteiger partial charge in [0.1, 0.15) is 0 Å². The molecule has 146 valence electrons. The van der Waals surface area contributed by atoms with Crippen molar-refractivity contribution in [3.63, 3.8) is 0 Å². The van der Waals surface area contributed by atoms with E-state index in [0.29, 0.717) is 29.7 Å². The Bertz CT molecular complexity index is 924. The van der Waals surface area contributed by atoms with Crippen LogP contribution in [0.1, 0.15) is 34.3 Å². The Hall–Kier alpha value is -2.24. The second kappa shape index (κ2) is 7.64. The van der Waals surface area contributed by atoms with E-state index < -0.39 is 0 Å². The molecule has 2 N–H and O–H groups in total. The number of piperidine rings is 1. The molecule has 0 radical (unpaired) electrons. The molecule has 0 saturated carbocycles. The van der Waals surface area contributed by atoms with Crippen molar-refractivity contribution in [2.45, 2.75) is 31.3 Å². The van der Waals surface area contributed by atoms with Gasteiger partial charge in [-0.15, -0.1) is 0 Å². The average molecular weight is 418 g/mol. The Morgan fingerprint density at radius 1 is 1.14 bits per heavy atom. The molecule has 2 aromatic rings. The van der Waals surface area contributed by atoms with Crippen LogP contribution in [0.15, 0.2) is 42.5 Å². The molecule has 1 saturated heterocycles. The van der Waals surface area contributed by atoms with Crippen LogP contribution in [0, 0.1) is 0 Å². The number of benzene rings is 2. The number of nitrogens with zero attached hydrogens (tertiary/aromatic N) is 1. The van der Waals surface area contributed by atoms with E-state index in [-0.39, 0.29) is 17.5 Å². The normalized spacial score (nSPS) is 17.8. The minimum absolute atomic E-state index is 0.0165. The van der Waals surface area contributed by atoms with Crippen LogP contribution in [-0.2, 0) is 13.0 Å². The number of amides is 3. The predicted molar refractivity (Wildman–Crippen MR) is 110 cm³/mol. The smallest absolute Gasteiger partial charge is 0.317 e. The molecule has 1 spiro atoms. The minimum atomic E-state index is -0.262. The van der Waals surface area contributed by atoms with Gasteiger partial charge < -0.3 is 15.5 Å². The summed E-state index contributed by atoms with van der Waals surface area (Å²) >= 11 is 12.1. The van der Waals surface area contributed by atoms with Crippen molar-refractivity contribution in [3.8, 4) is 0 Å². The van der Waals surface area contributed by atoms with Gasteiger partial charge in [0.15, 0.2) is 0 Å². The standard InChI is InChI=1S/C21H21Cl2N3O2/c22-16-6-5-15(18(23)11-16)13-24-20(28)26-9-7-21(8-10-26)12-14-3-1-2-4-17(14)19(27)25-21/h1-6,11H,7-10,12-13H2,(H,24,28)(H,25,27). The number of hydrogen-bond acceptors (Lipinski definition) is 2. The Morgan fingerprint density at radius 2 is 1.89 bits per heavy atom. The third kappa shape index (κ3) is 3.82. The molecule has 5 nitrogen and oxygen atoms in total. The van der Waals surface area contributed by atoms with Gasteiger partial charge in [-0.2, -0.15) is 0 Å². The number of nitrogens with one attached hydrogen (secondary N) is 2. The zero-order chi connectivity index (χ0) is 19.7. The largest absolute Gasteiger partial charge is 0.346 e. The fraction of sp³-hybridized carbons (Fsp3) is 0.333. The lowest BCUT2D eigenvalue weighted by molar-refractivity contribution is 0.0803. The van der Waals surface area contributed by atoms with Gasteiger partial charge in [0.2, 0.25) is 0 Å². The summed E-state index contributed by atoms with van der Waals surface area (Å²) in [5.41, 5.74) is 2.40. The summed E-state index contributed by atoms with van der Waals surface area (Å²) in [6.45, 7) is 1.55. The van der Waals surface area contributed by atoms with Crippen molar-refractivity contribution in [1.29, 1.82) is 0 Å². The van der Waals surface area contributed by atoms with Crippen molar-refractivity contribution in [3.05, 3.63) is 69.2 Å². The first-order valence-electron chi connectivity index (χ1n) is 9.33. The number of likely N-dealkylation sites (tertiary alicyclic amines) is 1. The number of carbonyl (C=O) groups is 2. The molecule has 0 atom stereocenters. The third-order valence-corrected chi connectivity index (χ3v) is 6.21. The van der Waals surface area contributed by atoms with Crippen LogP contribution in [0.2, 0.25) is 10.0 Å². The summed E-state index contributed by atoms with van der Waals surface area (Å²) in [5, 5.41) is 7.21. The monoisotopic (exact) mass is 417 g/mol. The molecular formula is C21H21Cl2N3O2. The molecule has 0 bridgehead atoms. The summed E-state index contributed by atoms with van der Waals surface area (Å²) in [7, 11) is 0. The maximum atomic E-state index is 12.5. The Kier molecular flexibility index (Phi) is 5.21. The molecular weight excluding hydrogens is 397 g/mol. The maximum absolute atomic E-state index is 12.5. The first-order chi connectivity index (χ1) is 13.5. The summed E-state index contributed by atoms with van der Waals surface area (Å²) < 4.78 is 0. The van der Waals surface area contributed by atoms with Crippen molar-refractivity contribution in [1.82, 2.24) is 15.5 Å². The van der Waals surface area contributed by atoms with E-state index in [1.165, 1.54) is 0 Å². The highest BCUT2D eigenvalue weighted by atomic mass is 35.5. The van der Waals surface area contributed by atoms with Crippen molar-refractivity contribution in [2.75, 3.05) is 13.1 Å². The molecule has 2 aliphatic heterocycles. The molecule has 4 rings (SSSR count). The van der Waals surface area contributed by atoms with E-state index in [1.54, 1.807) is 17.0 Å². The highest BCUT2D eigenvalue weighted by Gasteiger charge is 2.41. The van der Waals surface area contributed by atoms with Gasteiger partial charge >= 0.3 is 6.03 Å². The van der Waals surface area contributed by atoms with Crippen LogP contribution in [0.4, 0.5) is 4.79 Å². The molecule has 0 unspecified atom stereocenters. The van der Waals surface area contributed by atoms with Crippen LogP contribution in [0.5, 0.6) is 0 Å².